The number of allylic oxidation sites excluding steroid dienone is 1. The molecular formula is C26H22ClN5OS. The highest BCUT2D eigenvalue weighted by atomic mass is 35.5. The zero-order chi connectivity index (χ0) is 23.8. The molecule has 0 aliphatic carbocycles. The molecule has 34 heavy (non-hydrogen) atoms. The van der Waals surface area contributed by atoms with E-state index in [0.29, 0.717) is 16.0 Å². The Bertz CT molecular complexity index is 1300. The Morgan fingerprint density at radius 2 is 1.68 bits per heavy atom. The van der Waals surface area contributed by atoms with E-state index in [0.717, 1.165) is 16.8 Å². The van der Waals surface area contributed by atoms with Gasteiger partial charge < -0.3 is 0 Å². The molecule has 1 heterocycles. The third-order valence-corrected chi connectivity index (χ3v) is 5.91. The van der Waals surface area contributed by atoms with Crippen LogP contribution in [0.15, 0.2) is 100 Å². The van der Waals surface area contributed by atoms with Crippen molar-refractivity contribution in [3.8, 4) is 17.1 Å². The van der Waals surface area contributed by atoms with Gasteiger partial charge in [0, 0.05) is 11.3 Å². The Morgan fingerprint density at radius 1 is 1.00 bits per heavy atom. The predicted molar refractivity (Wildman–Crippen MR) is 139 cm³/mol. The highest BCUT2D eigenvalue weighted by Crippen LogP contribution is 2.28. The lowest BCUT2D eigenvalue weighted by Gasteiger charge is -2.10. The van der Waals surface area contributed by atoms with Crippen LogP contribution in [-0.2, 0) is 4.79 Å². The van der Waals surface area contributed by atoms with E-state index in [2.05, 4.69) is 20.7 Å². The van der Waals surface area contributed by atoms with Gasteiger partial charge in [-0.05, 0) is 30.7 Å². The van der Waals surface area contributed by atoms with E-state index < -0.39 is 0 Å². The minimum absolute atomic E-state index is 0.121. The van der Waals surface area contributed by atoms with E-state index >= 15 is 0 Å². The van der Waals surface area contributed by atoms with Crippen molar-refractivity contribution >= 4 is 41.6 Å². The number of hydrazone groups is 1. The number of hydrogen-bond donors (Lipinski definition) is 1. The number of benzene rings is 3. The number of halogens is 1. The van der Waals surface area contributed by atoms with Gasteiger partial charge in [-0.25, -0.2) is 5.43 Å². The number of para-hydroxylation sites is 1. The standard InChI is InChI=1S/C26H22ClN5OS/c1-19-12-14-21(15-13-19)25-30-31-26(32(25)23-10-6-3-7-11-23)34-18-24(33)29-28-17-22(27)16-20-8-4-2-5-9-20/h2-17H,18H2,1H3,(H,29,33). The largest absolute Gasteiger partial charge is 0.272 e. The Morgan fingerprint density at radius 3 is 2.38 bits per heavy atom. The van der Waals surface area contributed by atoms with Crippen molar-refractivity contribution < 1.29 is 4.79 Å². The molecule has 6 nitrogen and oxygen atoms in total. The van der Waals surface area contributed by atoms with Crippen LogP contribution in [0.2, 0.25) is 0 Å². The maximum atomic E-state index is 12.4. The number of carbonyl (C=O) groups is 1. The number of thioether (sulfide) groups is 1. The summed E-state index contributed by atoms with van der Waals surface area (Å²) in [6.45, 7) is 2.04. The van der Waals surface area contributed by atoms with Crippen molar-refractivity contribution in [2.24, 2.45) is 5.10 Å². The maximum absolute atomic E-state index is 12.4. The van der Waals surface area contributed by atoms with Crippen molar-refractivity contribution in [1.29, 1.82) is 0 Å². The number of carbonyl (C=O) groups excluding carboxylic acids is 1. The van der Waals surface area contributed by atoms with E-state index in [1.165, 1.54) is 23.5 Å². The van der Waals surface area contributed by atoms with Crippen LogP contribution in [0.3, 0.4) is 0 Å². The molecule has 0 aliphatic rings. The van der Waals surface area contributed by atoms with E-state index in [-0.39, 0.29) is 11.7 Å². The summed E-state index contributed by atoms with van der Waals surface area (Å²) in [6.07, 6.45) is 3.17. The molecule has 0 atom stereocenters. The summed E-state index contributed by atoms with van der Waals surface area (Å²) in [5.74, 6) is 0.561. The van der Waals surface area contributed by atoms with Crippen LogP contribution >= 0.6 is 23.4 Å². The summed E-state index contributed by atoms with van der Waals surface area (Å²) in [5.41, 5.74) is 6.48. The summed E-state index contributed by atoms with van der Waals surface area (Å²) in [6, 6.07) is 27.6. The average molecular weight is 488 g/mol. The minimum Gasteiger partial charge on any atom is -0.272 e. The second kappa shape index (κ2) is 11.4. The normalized spacial score (nSPS) is 11.6. The highest BCUT2D eigenvalue weighted by molar-refractivity contribution is 7.99. The number of nitrogens with one attached hydrogen (secondary N) is 1. The first-order chi connectivity index (χ1) is 16.6. The lowest BCUT2D eigenvalue weighted by atomic mass is 10.1. The zero-order valence-corrected chi connectivity index (χ0v) is 20.0. The first-order valence-electron chi connectivity index (χ1n) is 10.5. The third kappa shape index (κ3) is 6.21. The van der Waals surface area contributed by atoms with Gasteiger partial charge in [-0.3, -0.25) is 9.36 Å². The molecule has 0 saturated heterocycles. The second-order valence-corrected chi connectivity index (χ2v) is 8.74. The molecule has 1 aromatic heterocycles. The Labute approximate surface area is 207 Å². The molecule has 0 saturated carbocycles. The fraction of sp³-hybridized carbons (Fsp3) is 0.0769. The monoisotopic (exact) mass is 487 g/mol. The number of nitrogens with zero attached hydrogens (tertiary/aromatic N) is 4. The topological polar surface area (TPSA) is 72.2 Å². The van der Waals surface area contributed by atoms with Crippen molar-refractivity contribution in [2.45, 2.75) is 12.1 Å². The van der Waals surface area contributed by atoms with E-state index in [1.54, 1.807) is 6.08 Å². The van der Waals surface area contributed by atoms with Gasteiger partial charge in [-0.1, -0.05) is 102 Å². The minimum atomic E-state index is -0.273. The van der Waals surface area contributed by atoms with Crippen LogP contribution in [-0.4, -0.2) is 32.6 Å². The molecule has 170 valence electrons. The molecule has 1 N–H and O–H groups in total. The van der Waals surface area contributed by atoms with Crippen LogP contribution in [0.25, 0.3) is 23.2 Å². The number of aryl methyl sites for hydroxylation is 1. The van der Waals surface area contributed by atoms with Gasteiger partial charge in [-0.15, -0.1) is 10.2 Å². The van der Waals surface area contributed by atoms with E-state index in [9.17, 15) is 4.79 Å². The zero-order valence-electron chi connectivity index (χ0n) is 18.4. The number of aromatic nitrogens is 3. The smallest absolute Gasteiger partial charge is 0.250 e. The molecule has 0 unspecified atom stereocenters. The van der Waals surface area contributed by atoms with Gasteiger partial charge in [0.2, 0.25) is 0 Å². The van der Waals surface area contributed by atoms with Gasteiger partial charge in [0.15, 0.2) is 11.0 Å². The number of amides is 1. The quantitative estimate of drug-likeness (QED) is 0.196. The summed E-state index contributed by atoms with van der Waals surface area (Å²) < 4.78 is 1.95. The summed E-state index contributed by atoms with van der Waals surface area (Å²) in [4.78, 5) is 12.4. The van der Waals surface area contributed by atoms with Gasteiger partial charge >= 0.3 is 0 Å². The van der Waals surface area contributed by atoms with Gasteiger partial charge in [0.25, 0.3) is 5.91 Å². The molecule has 0 spiro atoms. The van der Waals surface area contributed by atoms with Crippen LogP contribution in [0.1, 0.15) is 11.1 Å². The maximum Gasteiger partial charge on any atom is 0.250 e. The Balaban J connectivity index is 1.45. The van der Waals surface area contributed by atoms with Crippen molar-refractivity contribution in [1.82, 2.24) is 20.2 Å². The molecule has 0 fully saturated rings. The molecule has 0 aliphatic heterocycles. The van der Waals surface area contributed by atoms with Crippen LogP contribution in [0, 0.1) is 6.92 Å². The molecule has 8 heteroatoms. The SMILES string of the molecule is Cc1ccc(-c2nnc(SCC(=O)NN=CC(Cl)=Cc3ccccc3)n2-c2ccccc2)cc1. The van der Waals surface area contributed by atoms with Gasteiger partial charge in [-0.2, -0.15) is 5.10 Å². The summed E-state index contributed by atoms with van der Waals surface area (Å²) in [5, 5.41) is 13.7. The third-order valence-electron chi connectivity index (χ3n) is 4.77. The highest BCUT2D eigenvalue weighted by Gasteiger charge is 2.17. The molecule has 3 aromatic carbocycles. The Kier molecular flexibility index (Phi) is 7.91. The number of hydrogen-bond acceptors (Lipinski definition) is 5. The molecule has 0 bridgehead atoms. The fourth-order valence-electron chi connectivity index (χ4n) is 3.14. The fourth-order valence-corrected chi connectivity index (χ4v) is 4.06. The first-order valence-corrected chi connectivity index (χ1v) is 11.9. The average Bonchev–Trinajstić information content (AvgIpc) is 3.28. The predicted octanol–water partition coefficient (Wildman–Crippen LogP) is 5.72. The Hall–Kier alpha value is -3.68. The molecule has 1 amide bonds. The molecule has 0 radical (unpaired) electrons. The first kappa shape index (κ1) is 23.5. The van der Waals surface area contributed by atoms with Gasteiger partial charge in [0.1, 0.15) is 0 Å². The van der Waals surface area contributed by atoms with E-state index in [1.807, 2.05) is 96.4 Å². The van der Waals surface area contributed by atoms with Crippen molar-refractivity contribution in [3.05, 3.63) is 101 Å². The summed E-state index contributed by atoms with van der Waals surface area (Å²) >= 11 is 7.45. The molecule has 4 aromatic rings. The molecule has 4 rings (SSSR count). The lowest BCUT2D eigenvalue weighted by Crippen LogP contribution is -2.19. The van der Waals surface area contributed by atoms with Crippen molar-refractivity contribution in [3.63, 3.8) is 0 Å². The van der Waals surface area contributed by atoms with Crippen LogP contribution in [0.5, 0.6) is 0 Å². The second-order valence-electron chi connectivity index (χ2n) is 7.36. The van der Waals surface area contributed by atoms with Crippen LogP contribution < -0.4 is 5.43 Å². The lowest BCUT2D eigenvalue weighted by molar-refractivity contribution is -0.118. The molecular weight excluding hydrogens is 466 g/mol. The number of rotatable bonds is 8. The van der Waals surface area contributed by atoms with Gasteiger partial charge in [0.05, 0.1) is 17.0 Å². The van der Waals surface area contributed by atoms with Crippen molar-refractivity contribution in [2.75, 3.05) is 5.75 Å². The summed E-state index contributed by atoms with van der Waals surface area (Å²) in [7, 11) is 0. The van der Waals surface area contributed by atoms with E-state index in [4.69, 9.17) is 11.6 Å². The van der Waals surface area contributed by atoms with Crippen LogP contribution in [0.4, 0.5) is 0 Å².